The molecule has 0 fully saturated rings. The van der Waals surface area contributed by atoms with Crippen LogP contribution in [0.4, 0.5) is 0 Å². The van der Waals surface area contributed by atoms with Gasteiger partial charge in [-0.25, -0.2) is 0 Å². The van der Waals surface area contributed by atoms with E-state index in [1.807, 2.05) is 0 Å². The van der Waals surface area contributed by atoms with Gasteiger partial charge in [-0.3, -0.25) is 4.79 Å². The van der Waals surface area contributed by atoms with E-state index in [-0.39, 0.29) is 11.3 Å². The van der Waals surface area contributed by atoms with Crippen LogP contribution >= 0.6 is 0 Å². The van der Waals surface area contributed by atoms with E-state index in [9.17, 15) is 4.79 Å². The number of rotatable bonds is 8. The minimum atomic E-state index is -0.174. The predicted octanol–water partition coefficient (Wildman–Crippen LogP) is 3.25. The zero-order valence-corrected chi connectivity index (χ0v) is 9.94. The maximum Gasteiger partial charge on any atom is 0.217 e. The van der Waals surface area contributed by atoms with Crippen LogP contribution in [0.25, 0.3) is 0 Å². The van der Waals surface area contributed by atoms with Crippen molar-refractivity contribution >= 4 is 5.91 Å². The van der Waals surface area contributed by atoms with Crippen molar-refractivity contribution in [1.29, 1.82) is 0 Å². The van der Waals surface area contributed by atoms with Crippen molar-refractivity contribution in [2.45, 2.75) is 65.7 Å². The molecule has 0 unspecified atom stereocenters. The molecule has 14 heavy (non-hydrogen) atoms. The predicted molar refractivity (Wildman–Crippen MR) is 61.0 cm³/mol. The molecule has 2 N–H and O–H groups in total. The van der Waals surface area contributed by atoms with Gasteiger partial charge in [0.15, 0.2) is 0 Å². The summed E-state index contributed by atoms with van der Waals surface area (Å²) in [6, 6.07) is 0. The van der Waals surface area contributed by atoms with E-state index in [1.165, 1.54) is 32.1 Å². The molecule has 0 rings (SSSR count). The van der Waals surface area contributed by atoms with Crippen LogP contribution in [0.3, 0.4) is 0 Å². The second-order valence-corrected chi connectivity index (χ2v) is 4.94. The smallest absolute Gasteiger partial charge is 0.217 e. The summed E-state index contributed by atoms with van der Waals surface area (Å²) in [5.74, 6) is -0.174. The van der Waals surface area contributed by atoms with Crippen molar-refractivity contribution in [2.24, 2.45) is 11.1 Å². The molecule has 0 aromatic heterocycles. The molecule has 2 heteroatoms. The second-order valence-electron chi connectivity index (χ2n) is 4.94. The van der Waals surface area contributed by atoms with Crippen LogP contribution in [0, 0.1) is 5.41 Å². The number of carbonyl (C=O) groups is 1. The van der Waals surface area contributed by atoms with Gasteiger partial charge < -0.3 is 5.73 Å². The lowest BCUT2D eigenvalue weighted by Gasteiger charge is -2.23. The normalized spacial score (nSPS) is 11.6. The topological polar surface area (TPSA) is 43.1 Å². The molecule has 0 aromatic carbocycles. The Bertz CT molecular complexity index is 164. The zero-order valence-electron chi connectivity index (χ0n) is 9.94. The van der Waals surface area contributed by atoms with Crippen LogP contribution in [0.1, 0.15) is 65.7 Å². The van der Waals surface area contributed by atoms with Crippen LogP contribution in [0.15, 0.2) is 0 Å². The van der Waals surface area contributed by atoms with E-state index in [1.54, 1.807) is 0 Å². The summed E-state index contributed by atoms with van der Waals surface area (Å²) >= 11 is 0. The molecule has 0 aromatic rings. The first kappa shape index (κ1) is 13.5. The molecule has 2 nitrogen and oxygen atoms in total. The van der Waals surface area contributed by atoms with Crippen LogP contribution in [0.2, 0.25) is 0 Å². The molecule has 0 aliphatic heterocycles. The molecule has 0 heterocycles. The fourth-order valence-corrected chi connectivity index (χ4v) is 1.62. The van der Waals surface area contributed by atoms with E-state index >= 15 is 0 Å². The van der Waals surface area contributed by atoms with Gasteiger partial charge in [0.05, 0.1) is 0 Å². The Kier molecular flexibility index (Phi) is 6.60. The van der Waals surface area contributed by atoms with Gasteiger partial charge in [-0.05, 0) is 18.3 Å². The molecule has 0 aliphatic rings. The van der Waals surface area contributed by atoms with Crippen LogP contribution in [-0.2, 0) is 4.79 Å². The Labute approximate surface area is 88.3 Å². The molecule has 1 amide bonds. The fourth-order valence-electron chi connectivity index (χ4n) is 1.62. The molecule has 0 bridgehead atoms. The molecule has 0 atom stereocenters. The van der Waals surface area contributed by atoms with Gasteiger partial charge >= 0.3 is 0 Å². The maximum absolute atomic E-state index is 10.6. The number of hydrogen-bond acceptors (Lipinski definition) is 1. The average molecular weight is 199 g/mol. The number of hydrogen-bond donors (Lipinski definition) is 1. The highest BCUT2D eigenvalue weighted by molar-refractivity contribution is 5.73. The molecule has 0 aliphatic carbocycles. The van der Waals surface area contributed by atoms with Gasteiger partial charge in [-0.2, -0.15) is 0 Å². The summed E-state index contributed by atoms with van der Waals surface area (Å²) < 4.78 is 0. The van der Waals surface area contributed by atoms with Crippen molar-refractivity contribution in [3.05, 3.63) is 0 Å². The first-order valence-corrected chi connectivity index (χ1v) is 5.76. The van der Waals surface area contributed by atoms with E-state index in [0.717, 1.165) is 6.42 Å². The monoisotopic (exact) mass is 199 g/mol. The van der Waals surface area contributed by atoms with Crippen LogP contribution in [-0.4, -0.2) is 5.91 Å². The summed E-state index contributed by atoms with van der Waals surface area (Å²) in [5.41, 5.74) is 5.42. The van der Waals surface area contributed by atoms with Crippen molar-refractivity contribution in [3.8, 4) is 0 Å². The number of primary amides is 1. The molecule has 84 valence electrons. The third-order valence-electron chi connectivity index (χ3n) is 2.76. The Hall–Kier alpha value is -0.530. The number of nitrogens with two attached hydrogens (primary N) is 1. The summed E-state index contributed by atoms with van der Waals surface area (Å²) in [7, 11) is 0. The Morgan fingerprint density at radius 3 is 2.29 bits per heavy atom. The number of carbonyl (C=O) groups excluding carboxylic acids is 1. The third-order valence-corrected chi connectivity index (χ3v) is 2.76. The third kappa shape index (κ3) is 8.09. The van der Waals surface area contributed by atoms with Crippen molar-refractivity contribution in [1.82, 2.24) is 0 Å². The average Bonchev–Trinajstić information content (AvgIpc) is 2.10. The molecular formula is C12H25NO. The minimum absolute atomic E-state index is 0.174. The lowest BCUT2D eigenvalue weighted by atomic mass is 9.82. The highest BCUT2D eigenvalue weighted by Crippen LogP contribution is 2.29. The largest absolute Gasteiger partial charge is 0.370 e. The minimum Gasteiger partial charge on any atom is -0.370 e. The fraction of sp³-hybridized carbons (Fsp3) is 0.917. The van der Waals surface area contributed by atoms with Gasteiger partial charge in [0.2, 0.25) is 5.91 Å². The van der Waals surface area contributed by atoms with Crippen LogP contribution in [0.5, 0.6) is 0 Å². The summed E-state index contributed by atoms with van der Waals surface area (Å²) in [4.78, 5) is 10.6. The molecule has 0 spiro atoms. The molecule has 0 saturated carbocycles. The summed E-state index contributed by atoms with van der Waals surface area (Å²) in [6.07, 6.45) is 7.86. The Morgan fingerprint density at radius 1 is 1.14 bits per heavy atom. The van der Waals surface area contributed by atoms with Gasteiger partial charge in [-0.1, -0.05) is 46.5 Å². The molecule has 0 radical (unpaired) electrons. The quantitative estimate of drug-likeness (QED) is 0.599. The van der Waals surface area contributed by atoms with Crippen molar-refractivity contribution in [3.63, 3.8) is 0 Å². The van der Waals surface area contributed by atoms with Crippen molar-refractivity contribution in [2.75, 3.05) is 0 Å². The SMILES string of the molecule is CCCCCCC(C)(C)CCC(N)=O. The standard InChI is InChI=1S/C12H25NO/c1-4-5-6-7-9-12(2,3)10-8-11(13)14/h4-10H2,1-3H3,(H2,13,14). The highest BCUT2D eigenvalue weighted by Gasteiger charge is 2.17. The van der Waals surface area contributed by atoms with E-state index in [2.05, 4.69) is 20.8 Å². The lowest BCUT2D eigenvalue weighted by molar-refractivity contribution is -0.118. The van der Waals surface area contributed by atoms with Gasteiger partial charge in [0, 0.05) is 6.42 Å². The van der Waals surface area contributed by atoms with Gasteiger partial charge in [-0.15, -0.1) is 0 Å². The second kappa shape index (κ2) is 6.86. The van der Waals surface area contributed by atoms with Gasteiger partial charge in [0.25, 0.3) is 0 Å². The first-order valence-electron chi connectivity index (χ1n) is 5.76. The molecular weight excluding hydrogens is 174 g/mol. The lowest BCUT2D eigenvalue weighted by Crippen LogP contribution is -2.17. The first-order chi connectivity index (χ1) is 6.48. The van der Waals surface area contributed by atoms with Crippen LogP contribution < -0.4 is 5.73 Å². The summed E-state index contributed by atoms with van der Waals surface area (Å²) in [6.45, 7) is 6.67. The highest BCUT2D eigenvalue weighted by atomic mass is 16.1. The van der Waals surface area contributed by atoms with E-state index in [4.69, 9.17) is 5.73 Å². The Morgan fingerprint density at radius 2 is 1.79 bits per heavy atom. The van der Waals surface area contributed by atoms with E-state index in [0.29, 0.717) is 6.42 Å². The van der Waals surface area contributed by atoms with Gasteiger partial charge in [0.1, 0.15) is 0 Å². The molecule has 0 saturated heterocycles. The van der Waals surface area contributed by atoms with E-state index < -0.39 is 0 Å². The van der Waals surface area contributed by atoms with Crippen molar-refractivity contribution < 1.29 is 4.79 Å². The zero-order chi connectivity index (χ0) is 11.0. The maximum atomic E-state index is 10.6. The summed E-state index contributed by atoms with van der Waals surface area (Å²) in [5, 5.41) is 0. The Balaban J connectivity index is 3.55. The number of unbranched alkanes of at least 4 members (excludes halogenated alkanes) is 3. The number of amides is 1.